The first-order chi connectivity index (χ1) is 11.1. The largest absolute Gasteiger partial charge is 0.478 e. The van der Waals surface area contributed by atoms with Gasteiger partial charge in [-0.3, -0.25) is 4.99 Å². The number of allylic oxidation sites excluding steroid dienone is 3. The van der Waals surface area contributed by atoms with E-state index in [4.69, 9.17) is 5.41 Å². The third-order valence-electron chi connectivity index (χ3n) is 3.55. The maximum Gasteiger partial charge on any atom is 0.337 e. The van der Waals surface area contributed by atoms with Crippen molar-refractivity contribution in [3.8, 4) is 0 Å². The third-order valence-corrected chi connectivity index (χ3v) is 3.55. The highest BCUT2D eigenvalue weighted by Crippen LogP contribution is 2.22. The topological polar surface area (TPSA) is 88.8 Å². The van der Waals surface area contributed by atoms with Crippen molar-refractivity contribution in [1.82, 2.24) is 10.2 Å². The second-order valence-electron chi connectivity index (χ2n) is 5.48. The summed E-state index contributed by atoms with van der Waals surface area (Å²) in [5, 5.41) is 20.1. The van der Waals surface area contributed by atoms with Gasteiger partial charge >= 0.3 is 5.97 Å². The Hall–Kier alpha value is -2.63. The van der Waals surface area contributed by atoms with Gasteiger partial charge in [-0.25, -0.2) is 4.79 Å². The van der Waals surface area contributed by atoms with Crippen molar-refractivity contribution < 1.29 is 9.90 Å². The number of carboxylic acids is 1. The van der Waals surface area contributed by atoms with E-state index in [0.29, 0.717) is 23.0 Å². The zero-order chi connectivity index (χ0) is 16.8. The van der Waals surface area contributed by atoms with Crippen LogP contribution in [0.15, 0.2) is 52.1 Å². The molecule has 0 unspecified atom stereocenters. The average Bonchev–Trinajstić information content (AvgIpc) is 3.34. The molecule has 0 aromatic rings. The number of nitrogens with zero attached hydrogens (tertiary/aromatic N) is 2. The van der Waals surface area contributed by atoms with E-state index in [1.54, 1.807) is 36.5 Å². The Labute approximate surface area is 136 Å². The minimum Gasteiger partial charge on any atom is -0.478 e. The van der Waals surface area contributed by atoms with Crippen LogP contribution in [-0.2, 0) is 4.79 Å². The van der Waals surface area contributed by atoms with Crippen molar-refractivity contribution >= 4 is 18.4 Å². The molecule has 1 aliphatic carbocycles. The predicted octanol–water partition coefficient (Wildman–Crippen LogP) is 2.43. The second kappa shape index (κ2) is 7.58. The summed E-state index contributed by atoms with van der Waals surface area (Å²) in [6, 6.07) is 0.504. The summed E-state index contributed by atoms with van der Waals surface area (Å²) >= 11 is 0. The van der Waals surface area contributed by atoms with Gasteiger partial charge in [0.2, 0.25) is 0 Å². The molecule has 122 valence electrons. The summed E-state index contributed by atoms with van der Waals surface area (Å²) in [6.07, 6.45) is 12.8. The molecule has 0 saturated heterocycles. The van der Waals surface area contributed by atoms with Crippen LogP contribution in [0, 0.1) is 5.41 Å². The molecule has 1 saturated carbocycles. The summed E-state index contributed by atoms with van der Waals surface area (Å²) in [4.78, 5) is 17.5. The Morgan fingerprint density at radius 3 is 2.83 bits per heavy atom. The predicted molar refractivity (Wildman–Crippen MR) is 91.5 cm³/mol. The summed E-state index contributed by atoms with van der Waals surface area (Å²) in [5.74, 6) is -0.988. The molecular formula is C17H22N4O2. The molecule has 1 fully saturated rings. The van der Waals surface area contributed by atoms with E-state index in [9.17, 15) is 9.90 Å². The summed E-state index contributed by atoms with van der Waals surface area (Å²) in [7, 11) is 1.78. The molecule has 2 aliphatic rings. The third kappa shape index (κ3) is 4.42. The maximum absolute atomic E-state index is 11.4. The lowest BCUT2D eigenvalue weighted by Crippen LogP contribution is -2.21. The van der Waals surface area contributed by atoms with Crippen molar-refractivity contribution in [2.75, 3.05) is 7.05 Å². The van der Waals surface area contributed by atoms with Crippen LogP contribution in [0.2, 0.25) is 0 Å². The highest BCUT2D eigenvalue weighted by molar-refractivity contribution is 5.99. The molecule has 0 amide bonds. The van der Waals surface area contributed by atoms with Gasteiger partial charge in [0.25, 0.3) is 0 Å². The van der Waals surface area contributed by atoms with Gasteiger partial charge in [0, 0.05) is 37.3 Å². The molecule has 0 bridgehead atoms. The van der Waals surface area contributed by atoms with Crippen LogP contribution in [0.1, 0.15) is 26.2 Å². The lowest BCUT2D eigenvalue weighted by Gasteiger charge is -2.22. The maximum atomic E-state index is 11.4. The standard InChI is InChI=1S/C17H22N4O2/c1-3-4-5-14(17(22)23)16-10-20-15(11-21(16)2)12(8-18)9-19-13-6-7-13/h4-5,8-11,13,18-19H,3,6-7H2,1-2H3,(H,22,23)/b5-4-,12-9+,16-14+,18-8?. The fraction of sp³-hybridized carbons (Fsp3) is 0.353. The van der Waals surface area contributed by atoms with Gasteiger partial charge < -0.3 is 20.7 Å². The summed E-state index contributed by atoms with van der Waals surface area (Å²) in [6.45, 7) is 1.95. The number of nitrogens with one attached hydrogen (secondary N) is 2. The quantitative estimate of drug-likeness (QED) is 0.497. The number of aliphatic carboxylic acids is 1. The molecule has 0 spiro atoms. The second-order valence-corrected chi connectivity index (χ2v) is 5.48. The fourth-order valence-corrected chi connectivity index (χ4v) is 2.07. The number of hydrogen-bond acceptors (Lipinski definition) is 5. The van der Waals surface area contributed by atoms with Crippen molar-refractivity contribution in [2.45, 2.75) is 32.2 Å². The van der Waals surface area contributed by atoms with E-state index in [1.165, 1.54) is 12.4 Å². The number of hydrogen-bond donors (Lipinski definition) is 3. The minimum atomic E-state index is -0.988. The molecule has 23 heavy (non-hydrogen) atoms. The van der Waals surface area contributed by atoms with Crippen LogP contribution in [0.4, 0.5) is 0 Å². The smallest absolute Gasteiger partial charge is 0.337 e. The zero-order valence-electron chi connectivity index (χ0n) is 13.4. The van der Waals surface area contributed by atoms with E-state index in [1.807, 2.05) is 6.92 Å². The molecule has 2 rings (SSSR count). The van der Waals surface area contributed by atoms with Gasteiger partial charge in [-0.2, -0.15) is 0 Å². The van der Waals surface area contributed by atoms with E-state index in [-0.39, 0.29) is 5.57 Å². The molecule has 6 nitrogen and oxygen atoms in total. The lowest BCUT2D eigenvalue weighted by molar-refractivity contribution is -0.132. The number of carboxylic acid groups (broad SMARTS) is 1. The summed E-state index contributed by atoms with van der Waals surface area (Å²) < 4.78 is 0. The van der Waals surface area contributed by atoms with E-state index in [0.717, 1.165) is 19.3 Å². The Bertz CT molecular complexity index is 637. The highest BCUT2D eigenvalue weighted by Gasteiger charge is 2.20. The van der Waals surface area contributed by atoms with Gasteiger partial charge in [0.05, 0.1) is 23.2 Å². The molecule has 1 heterocycles. The number of carbonyl (C=O) groups is 1. The highest BCUT2D eigenvalue weighted by atomic mass is 16.4. The Morgan fingerprint density at radius 1 is 1.57 bits per heavy atom. The van der Waals surface area contributed by atoms with Gasteiger partial charge in [0.1, 0.15) is 0 Å². The van der Waals surface area contributed by atoms with Gasteiger partial charge in [0.15, 0.2) is 0 Å². The van der Waals surface area contributed by atoms with Gasteiger partial charge in [-0.15, -0.1) is 0 Å². The monoisotopic (exact) mass is 314 g/mol. The van der Waals surface area contributed by atoms with E-state index >= 15 is 0 Å². The van der Waals surface area contributed by atoms with Crippen molar-refractivity contribution in [3.05, 3.63) is 47.1 Å². The first kappa shape index (κ1) is 16.7. The van der Waals surface area contributed by atoms with Crippen LogP contribution in [-0.4, -0.2) is 41.5 Å². The Morgan fingerprint density at radius 2 is 2.30 bits per heavy atom. The van der Waals surface area contributed by atoms with Gasteiger partial charge in [-0.1, -0.05) is 13.0 Å². The first-order valence-corrected chi connectivity index (χ1v) is 7.66. The van der Waals surface area contributed by atoms with Crippen molar-refractivity contribution in [1.29, 1.82) is 5.41 Å². The Balaban J connectivity index is 2.25. The van der Waals surface area contributed by atoms with Gasteiger partial charge in [-0.05, 0) is 25.3 Å². The lowest BCUT2D eigenvalue weighted by atomic mass is 10.1. The van der Waals surface area contributed by atoms with Crippen LogP contribution in [0.25, 0.3) is 0 Å². The molecule has 0 aromatic carbocycles. The van der Waals surface area contributed by atoms with Crippen molar-refractivity contribution in [2.24, 2.45) is 4.99 Å². The minimum absolute atomic E-state index is 0.199. The van der Waals surface area contributed by atoms with Crippen LogP contribution in [0.3, 0.4) is 0 Å². The molecule has 6 heteroatoms. The Kier molecular flexibility index (Phi) is 5.51. The molecule has 1 aliphatic heterocycles. The zero-order valence-corrected chi connectivity index (χ0v) is 13.4. The van der Waals surface area contributed by atoms with E-state index in [2.05, 4.69) is 10.3 Å². The van der Waals surface area contributed by atoms with Crippen LogP contribution < -0.4 is 5.32 Å². The fourth-order valence-electron chi connectivity index (χ4n) is 2.07. The molecular weight excluding hydrogens is 292 g/mol. The molecule has 0 atom stereocenters. The average molecular weight is 314 g/mol. The first-order valence-electron chi connectivity index (χ1n) is 7.66. The van der Waals surface area contributed by atoms with Crippen LogP contribution in [0.5, 0.6) is 0 Å². The van der Waals surface area contributed by atoms with Crippen molar-refractivity contribution in [3.63, 3.8) is 0 Å². The number of rotatable bonds is 7. The van der Waals surface area contributed by atoms with E-state index < -0.39 is 5.97 Å². The normalized spacial score (nSPS) is 20.5. The van der Waals surface area contributed by atoms with Crippen LogP contribution >= 0.6 is 0 Å². The molecule has 3 N–H and O–H groups in total. The number of aliphatic imine (C=N–C) groups is 1. The molecule has 0 aromatic heterocycles. The summed E-state index contributed by atoms with van der Waals surface area (Å²) in [5.41, 5.74) is 2.01. The molecule has 0 radical (unpaired) electrons. The SMILES string of the molecule is CC/C=C\C(C(=O)O)=C1\C=NC(/C(C=N)=C/NC2CC2)=CN1C.